The summed E-state index contributed by atoms with van der Waals surface area (Å²) >= 11 is 0. The third kappa shape index (κ3) is 16.6. The van der Waals surface area contributed by atoms with E-state index in [-0.39, 0.29) is 135 Å². The molecule has 2 saturated carbocycles. The van der Waals surface area contributed by atoms with Crippen LogP contribution in [0.2, 0.25) is 0 Å². The summed E-state index contributed by atoms with van der Waals surface area (Å²) in [6.07, 6.45) is 12.3. The highest BCUT2D eigenvalue weighted by Gasteiger charge is 2.43. The van der Waals surface area contributed by atoms with Crippen LogP contribution in [0.3, 0.4) is 0 Å². The van der Waals surface area contributed by atoms with Crippen LogP contribution < -0.4 is 40.2 Å². The summed E-state index contributed by atoms with van der Waals surface area (Å²) in [4.78, 5) is 145. The van der Waals surface area contributed by atoms with Crippen LogP contribution in [0.1, 0.15) is 181 Å². The predicted octanol–water partition coefficient (Wildman–Crippen LogP) is 16.4. The van der Waals surface area contributed by atoms with E-state index in [1.54, 1.807) is 100 Å². The number of aryl methyl sites for hydroxylation is 2. The molecule has 4 aliphatic rings. The van der Waals surface area contributed by atoms with Crippen molar-refractivity contribution in [3.8, 4) is 46.0 Å². The van der Waals surface area contributed by atoms with Crippen LogP contribution in [0.15, 0.2) is 170 Å². The van der Waals surface area contributed by atoms with Gasteiger partial charge in [-0.05, 0) is 198 Å². The minimum atomic E-state index is -0.805. The molecule has 8 amide bonds. The van der Waals surface area contributed by atoms with Crippen LogP contribution in [0, 0.1) is 0 Å². The monoisotopic (exact) mass is 1480 g/mol. The average molecular weight is 1480 g/mol. The van der Waals surface area contributed by atoms with Crippen LogP contribution in [0.4, 0.5) is 0 Å². The number of carbonyl (C=O) groups is 10. The van der Waals surface area contributed by atoms with Gasteiger partial charge in [0.2, 0.25) is 23.6 Å². The molecule has 20 heteroatoms. The molecule has 9 aromatic carbocycles. The number of ether oxygens (including phenoxy) is 4. The number of hydrogen-bond donors (Lipinski definition) is 4. The molecule has 13 rings (SSSR count). The van der Waals surface area contributed by atoms with Crippen molar-refractivity contribution in [2.24, 2.45) is 0 Å². The molecule has 0 spiro atoms. The number of fused-ring (bicyclic) bond motifs is 2. The Hall–Kier alpha value is -12.1. The normalized spacial score (nSPS) is 14.4. The second kappa shape index (κ2) is 33.2. The molecule has 0 radical (unpaired) electrons. The molecule has 20 nitrogen and oxygen atoms in total. The molecular formula is C90H90N6O14. The van der Waals surface area contributed by atoms with Crippen molar-refractivity contribution >= 4 is 102 Å². The Morgan fingerprint density at radius 3 is 0.900 bits per heavy atom. The van der Waals surface area contributed by atoms with E-state index >= 15 is 19.2 Å². The zero-order valence-electron chi connectivity index (χ0n) is 62.7. The largest absolute Gasteiger partial charge is 0.457 e. The van der Waals surface area contributed by atoms with E-state index in [9.17, 15) is 28.8 Å². The van der Waals surface area contributed by atoms with E-state index in [0.29, 0.717) is 98.2 Å². The van der Waals surface area contributed by atoms with E-state index in [1.165, 1.54) is 0 Å². The van der Waals surface area contributed by atoms with Crippen LogP contribution in [0.25, 0.3) is 43.1 Å². The zero-order valence-corrected chi connectivity index (χ0v) is 62.7. The topological polar surface area (TPSA) is 262 Å². The van der Waals surface area contributed by atoms with Crippen LogP contribution in [0.5, 0.6) is 46.0 Å². The Morgan fingerprint density at radius 2 is 0.636 bits per heavy atom. The zero-order chi connectivity index (χ0) is 77.6. The lowest BCUT2D eigenvalue weighted by atomic mass is 9.80. The van der Waals surface area contributed by atoms with Crippen molar-refractivity contribution in [1.29, 1.82) is 0 Å². The summed E-state index contributed by atoms with van der Waals surface area (Å²) in [7, 11) is 0. The highest BCUT2D eigenvalue weighted by Crippen LogP contribution is 2.58. The van der Waals surface area contributed by atoms with E-state index in [4.69, 9.17) is 18.9 Å². The number of amides is 8. The van der Waals surface area contributed by atoms with Crippen LogP contribution in [-0.2, 0) is 54.5 Å². The summed E-state index contributed by atoms with van der Waals surface area (Å²) < 4.78 is 29.0. The van der Waals surface area contributed by atoms with Crippen molar-refractivity contribution in [1.82, 2.24) is 31.1 Å². The van der Waals surface area contributed by atoms with Gasteiger partial charge in [0, 0.05) is 92.3 Å². The van der Waals surface area contributed by atoms with Gasteiger partial charge in [0.1, 0.15) is 59.1 Å². The van der Waals surface area contributed by atoms with Gasteiger partial charge in [0.05, 0.1) is 22.3 Å². The Kier molecular flexibility index (Phi) is 23.0. The smallest absolute Gasteiger partial charge is 0.262 e. The van der Waals surface area contributed by atoms with Gasteiger partial charge in [-0.3, -0.25) is 57.7 Å². The number of carbonyl (C=O) groups excluding carboxylic acids is 10. The quantitative estimate of drug-likeness (QED) is 0.0132. The summed E-state index contributed by atoms with van der Waals surface area (Å²) in [5.41, 5.74) is 5.06. The molecule has 110 heavy (non-hydrogen) atoms. The fourth-order valence-corrected chi connectivity index (χ4v) is 15.2. The lowest BCUT2D eigenvalue weighted by molar-refractivity contribution is -0.123. The molecule has 0 bridgehead atoms. The second-order valence-corrected chi connectivity index (χ2v) is 29.6. The van der Waals surface area contributed by atoms with Gasteiger partial charge in [0.25, 0.3) is 23.6 Å². The van der Waals surface area contributed by atoms with E-state index in [2.05, 4.69) is 47.6 Å². The lowest BCUT2D eigenvalue weighted by Gasteiger charge is -2.32. The first-order valence-electron chi connectivity index (χ1n) is 38.0. The Bertz CT molecular complexity index is 4650. The first kappa shape index (κ1) is 76.1. The van der Waals surface area contributed by atoms with Gasteiger partial charge in [0.15, 0.2) is 11.6 Å². The predicted molar refractivity (Wildman–Crippen MR) is 423 cm³/mol. The second-order valence-electron chi connectivity index (χ2n) is 29.6. The molecule has 2 aliphatic carbocycles. The molecule has 0 unspecified atom stereocenters. The SMILES string of the molecule is C=C(C)C(=O)CCCc1ccc(Oc2cc3c4c(cc(Oc5ccc(CCCC(=O)C(=C)C)cc5)c5c6c(Oc7ccc(CCNC(=O)C(=C)C)cc7)cc7c8c(cc(Oc9ccc(CCNC(=O)C(=C)C)cc9)c(c2c45)c86)C(=O)N(CC(=O)NC2CCCCC2)C7=O)C(=O)N(CC(=O)NC2CCCCC2)C3=O)cc1. The molecule has 4 N–H and O–H groups in total. The molecule has 2 fully saturated rings. The number of allylic oxidation sites excluding steroid dienone is 2. The van der Waals surface area contributed by atoms with Crippen molar-refractivity contribution in [3.63, 3.8) is 0 Å². The Balaban J connectivity index is 1.09. The fourth-order valence-electron chi connectivity index (χ4n) is 15.2. The van der Waals surface area contributed by atoms with Crippen molar-refractivity contribution < 1.29 is 66.9 Å². The number of Topliss-reactive ketones (excluding diaryl/α,β-unsaturated/α-hetero) is 2. The van der Waals surface area contributed by atoms with Gasteiger partial charge in [-0.15, -0.1) is 0 Å². The number of hydrogen-bond acceptors (Lipinski definition) is 14. The van der Waals surface area contributed by atoms with Gasteiger partial charge in [-0.2, -0.15) is 0 Å². The fraction of sp³-hybridized carbons (Fsp3) is 0.311. The van der Waals surface area contributed by atoms with Crippen molar-refractivity contribution in [3.05, 3.63) is 214 Å². The van der Waals surface area contributed by atoms with Crippen LogP contribution >= 0.6 is 0 Å². The van der Waals surface area contributed by atoms with Gasteiger partial charge in [-0.1, -0.05) is 113 Å². The van der Waals surface area contributed by atoms with E-state index < -0.39 is 48.5 Å². The minimum absolute atomic E-state index is 0.0172. The Morgan fingerprint density at radius 1 is 0.364 bits per heavy atom. The molecule has 0 atom stereocenters. The molecule has 564 valence electrons. The number of nitrogens with one attached hydrogen (secondary N) is 4. The van der Waals surface area contributed by atoms with Gasteiger partial charge >= 0.3 is 0 Å². The van der Waals surface area contributed by atoms with Crippen LogP contribution in [-0.4, -0.2) is 107 Å². The summed E-state index contributed by atoms with van der Waals surface area (Å²) in [6, 6.07) is 34.7. The van der Waals surface area contributed by atoms with E-state index in [1.807, 2.05) is 48.5 Å². The number of imide groups is 2. The molecule has 2 heterocycles. The first-order valence-corrected chi connectivity index (χ1v) is 38.0. The summed E-state index contributed by atoms with van der Waals surface area (Å²) in [5.74, 6) is -3.63. The number of rotatable bonds is 32. The molecule has 0 aromatic heterocycles. The van der Waals surface area contributed by atoms with Gasteiger partial charge in [-0.25, -0.2) is 0 Å². The third-order valence-corrected chi connectivity index (χ3v) is 21.1. The highest BCUT2D eigenvalue weighted by atomic mass is 16.5. The lowest BCUT2D eigenvalue weighted by Crippen LogP contribution is -2.48. The van der Waals surface area contributed by atoms with Crippen molar-refractivity contribution in [2.45, 2.75) is 155 Å². The average Bonchev–Trinajstić information content (AvgIpc) is 0.672. The maximum Gasteiger partial charge on any atom is 0.262 e. The summed E-state index contributed by atoms with van der Waals surface area (Å²) in [5, 5.41) is 13.6. The van der Waals surface area contributed by atoms with E-state index in [0.717, 1.165) is 96.3 Å². The van der Waals surface area contributed by atoms with Crippen molar-refractivity contribution in [2.75, 3.05) is 26.2 Å². The van der Waals surface area contributed by atoms with Gasteiger partial charge < -0.3 is 40.2 Å². The number of benzene rings is 9. The third-order valence-electron chi connectivity index (χ3n) is 21.1. The summed E-state index contributed by atoms with van der Waals surface area (Å²) in [6.45, 7) is 21.1. The Labute approximate surface area is 638 Å². The maximum atomic E-state index is 15.9. The number of nitrogens with zero attached hydrogens (tertiary/aromatic N) is 2. The highest BCUT2D eigenvalue weighted by molar-refractivity contribution is 6.45. The molecule has 0 saturated heterocycles. The maximum absolute atomic E-state index is 15.9. The molecular weight excluding hydrogens is 1390 g/mol. The molecule has 2 aliphatic heterocycles. The minimum Gasteiger partial charge on any atom is -0.457 e. The standard InChI is InChI=1S/C90H90N6O14/c1-51(2)69(97)23-15-17-55-25-33-61(34-26-55)107-71-45-65-77-66(88(104)95(87(65)103)49-75(99)93-59-19-11-9-12-20-59)46-72(108-62-35-27-56(28-36-62)18-16-24-70(98)52(3)4)80-82-74(110-64-39-31-58(32-40-64)42-44-92-86(102)54(7)8)48-68-78-67(89(105)96(90(68)106)50-76(100)94-60-21-13-10-14-22-60)47-73(81(84(78)82)79(71)83(77)80)109-63-37-29-57(30-38-63)41-43-91-85(101)53(5)6/h25-40,45-48,59-60H,1,3,5,7,9-24,41-44,49-50H2,2,4,6,8H3,(H,91,101)(H,92,102)(H,93,99)(H,94,100). The first-order chi connectivity index (χ1) is 53.0. The molecule has 9 aromatic rings. The number of ketones is 2.